The molecule has 2 N–H and O–H groups in total. The van der Waals surface area contributed by atoms with E-state index in [-0.39, 0.29) is 34.4 Å². The summed E-state index contributed by atoms with van der Waals surface area (Å²) in [5.74, 6) is -0.570. The molecule has 3 fully saturated rings. The molecule has 0 spiro atoms. The number of ether oxygens (including phenoxy) is 2. The molecule has 1 aliphatic carbocycles. The molecular formula is C49H52F2N10O6. The van der Waals surface area contributed by atoms with E-state index in [1.165, 1.54) is 33.2 Å². The highest BCUT2D eigenvalue weighted by Gasteiger charge is 2.62. The van der Waals surface area contributed by atoms with Crippen LogP contribution in [0.15, 0.2) is 78.0 Å². The molecule has 1 saturated carbocycles. The van der Waals surface area contributed by atoms with Crippen LogP contribution in [0.25, 0.3) is 39.0 Å². The summed E-state index contributed by atoms with van der Waals surface area (Å²) in [5, 5.41) is 13.5. The van der Waals surface area contributed by atoms with E-state index in [9.17, 15) is 14.0 Å². The molecule has 2 saturated heterocycles. The molecular weight excluding hydrogens is 863 g/mol. The van der Waals surface area contributed by atoms with Crippen LogP contribution < -0.4 is 16.5 Å². The van der Waals surface area contributed by atoms with Crippen molar-refractivity contribution in [2.24, 2.45) is 5.92 Å². The van der Waals surface area contributed by atoms with E-state index in [0.29, 0.717) is 78.7 Å². The third-order valence-corrected chi connectivity index (χ3v) is 14.6. The summed E-state index contributed by atoms with van der Waals surface area (Å²) in [4.78, 5) is 49.8. The smallest absolute Gasteiger partial charge is 0.383 e. The molecule has 3 aliphatic heterocycles. The number of fused-ring (bicyclic) bond motifs is 3. The number of nitrogens with one attached hydrogen (secondary N) is 2. The number of aryl methyl sites for hydroxylation is 1. The molecule has 7 heterocycles. The number of nitrogens with zero attached hydrogens (tertiary/aromatic N) is 8. The Labute approximate surface area is 383 Å². The molecule has 11 rings (SSSR count). The Morgan fingerprint density at radius 1 is 1.00 bits per heavy atom. The summed E-state index contributed by atoms with van der Waals surface area (Å²) < 4.78 is 50.4. The second kappa shape index (κ2) is 15.7. The fourth-order valence-electron chi connectivity index (χ4n) is 11.0. The molecule has 4 aliphatic rings. The first-order chi connectivity index (χ1) is 32.2. The Morgan fingerprint density at radius 2 is 1.79 bits per heavy atom. The average molecular weight is 915 g/mol. The quantitative estimate of drug-likeness (QED) is 0.146. The van der Waals surface area contributed by atoms with Crippen LogP contribution in [0.5, 0.6) is 0 Å². The number of halogens is 2. The van der Waals surface area contributed by atoms with Crippen molar-refractivity contribution >= 4 is 33.8 Å². The van der Waals surface area contributed by atoms with Crippen LogP contribution in [0.4, 0.5) is 13.6 Å². The van der Waals surface area contributed by atoms with Gasteiger partial charge in [-0.2, -0.15) is 10.2 Å². The van der Waals surface area contributed by atoms with E-state index < -0.39 is 41.2 Å². The number of hydrogen-bond acceptors (Lipinski definition) is 9. The highest BCUT2D eigenvalue weighted by molar-refractivity contribution is 6.00. The normalized spacial score (nSPS) is 23.5. The number of carbonyl (C=O) groups is 2. The maximum atomic E-state index is 16.4. The lowest BCUT2D eigenvalue weighted by Crippen LogP contribution is -2.49. The predicted octanol–water partition coefficient (Wildman–Crippen LogP) is 7.09. The number of rotatable bonds is 10. The van der Waals surface area contributed by atoms with Gasteiger partial charge in [-0.25, -0.2) is 23.1 Å². The zero-order valence-electron chi connectivity index (χ0n) is 38.2. The third kappa shape index (κ3) is 6.81. The molecule has 16 nitrogen and oxygen atoms in total. The van der Waals surface area contributed by atoms with Crippen molar-refractivity contribution < 1.29 is 32.7 Å². The lowest BCUT2D eigenvalue weighted by atomic mass is 9.83. The van der Waals surface area contributed by atoms with E-state index in [2.05, 4.69) is 59.4 Å². The molecule has 5 atom stereocenters. The summed E-state index contributed by atoms with van der Waals surface area (Å²) in [5.41, 5.74) is 6.58. The molecule has 7 aromatic rings. The van der Waals surface area contributed by atoms with Gasteiger partial charge in [-0.3, -0.25) is 23.9 Å². The van der Waals surface area contributed by atoms with E-state index in [0.717, 1.165) is 23.7 Å². The highest BCUT2D eigenvalue weighted by Crippen LogP contribution is 2.55. The van der Waals surface area contributed by atoms with Crippen molar-refractivity contribution in [2.75, 3.05) is 26.9 Å². The SMILES string of the molecule is COCCn1ncc2c(F)c(-n3ccn(-c4c5c(nn4-c4ccc(F)c(C)c4)CCN(C(=O)c4cc6cc(C7CCOC(C)(C)C7)ccc6n4[C@@]4(C6NOC(=O)N6)C[C@@H]4C)[C@H]5C)c3=O)ccc21. The first-order valence-electron chi connectivity index (χ1n) is 22.8. The molecule has 2 amide bonds. The Balaban J connectivity index is 1.03. The van der Waals surface area contributed by atoms with Gasteiger partial charge in [-0.1, -0.05) is 13.0 Å². The average Bonchev–Trinajstić information content (AvgIpc) is 3.95. The first kappa shape index (κ1) is 43.0. The molecule has 18 heteroatoms. The highest BCUT2D eigenvalue weighted by atomic mass is 19.1. The van der Waals surface area contributed by atoms with Crippen LogP contribution in [0.2, 0.25) is 0 Å². The number of imidazole rings is 1. The van der Waals surface area contributed by atoms with Crippen LogP contribution in [-0.2, 0) is 32.8 Å². The molecule has 0 radical (unpaired) electrons. The maximum absolute atomic E-state index is 16.4. The first-order valence-corrected chi connectivity index (χ1v) is 22.8. The Kier molecular flexibility index (Phi) is 10.1. The predicted molar refractivity (Wildman–Crippen MR) is 244 cm³/mol. The zero-order valence-corrected chi connectivity index (χ0v) is 38.2. The standard InChI is InChI=1S/C49H52F2N10O6/c1-27-21-33(8-9-35(27)50)61-43(58-17-16-57(47(58)64)39-12-11-38-34(42(39)51)26-52-59(38)18-20-65-6)41-29(3)56(15-13-36(41)54-61)44(62)40-23-32-22-30(31-14-19-66-48(4,5)25-31)7-10-37(32)60(40)49(24-28(49)2)45-53-46(63)67-55-45/h7-12,16-17,21-23,26,28-29,31,45,55H,13-15,18-20,24-25H2,1-6H3,(H,53,63)/t28-,29-,31?,45?,49-/m0/s1. The fraction of sp³-hybridized carbons (Fsp3) is 0.408. The fourth-order valence-corrected chi connectivity index (χ4v) is 11.0. The van der Waals surface area contributed by atoms with Crippen molar-refractivity contribution in [1.82, 2.24) is 49.0 Å². The van der Waals surface area contributed by atoms with Gasteiger partial charge in [0.2, 0.25) is 0 Å². The summed E-state index contributed by atoms with van der Waals surface area (Å²) in [6.45, 7) is 11.7. The van der Waals surface area contributed by atoms with Crippen molar-refractivity contribution in [3.8, 4) is 17.2 Å². The van der Waals surface area contributed by atoms with Crippen molar-refractivity contribution in [2.45, 2.75) is 96.1 Å². The molecule has 4 aromatic heterocycles. The van der Waals surface area contributed by atoms with Gasteiger partial charge in [-0.15, -0.1) is 5.48 Å². The number of amides is 2. The monoisotopic (exact) mass is 914 g/mol. The minimum Gasteiger partial charge on any atom is -0.383 e. The van der Waals surface area contributed by atoms with Crippen molar-refractivity contribution in [3.63, 3.8) is 0 Å². The van der Waals surface area contributed by atoms with Gasteiger partial charge in [0.25, 0.3) is 5.91 Å². The maximum Gasteiger partial charge on any atom is 0.427 e. The van der Waals surface area contributed by atoms with Gasteiger partial charge in [0.1, 0.15) is 23.5 Å². The van der Waals surface area contributed by atoms with Gasteiger partial charge in [0.05, 0.1) is 64.5 Å². The summed E-state index contributed by atoms with van der Waals surface area (Å²) in [6.07, 6.45) is 6.08. The zero-order chi connectivity index (χ0) is 46.7. The van der Waals surface area contributed by atoms with Gasteiger partial charge >= 0.3 is 11.8 Å². The summed E-state index contributed by atoms with van der Waals surface area (Å²) in [6, 6.07) is 15.6. The largest absolute Gasteiger partial charge is 0.427 e. The van der Waals surface area contributed by atoms with Crippen LogP contribution in [-0.4, -0.2) is 88.8 Å². The van der Waals surface area contributed by atoms with Crippen LogP contribution in [0.3, 0.4) is 0 Å². The third-order valence-electron chi connectivity index (χ3n) is 14.6. The number of hydrogen-bond donors (Lipinski definition) is 2. The number of aromatic nitrogens is 7. The lowest BCUT2D eigenvalue weighted by molar-refractivity contribution is -0.0592. The Bertz CT molecular complexity index is 3220. The minimum atomic E-state index is -0.723. The molecule has 348 valence electrons. The second-order valence-corrected chi connectivity index (χ2v) is 19.1. The number of methoxy groups -OCH3 is 1. The Hall–Kier alpha value is -6.63. The minimum absolute atomic E-state index is 0.0306. The van der Waals surface area contributed by atoms with Gasteiger partial charge in [0.15, 0.2) is 5.82 Å². The molecule has 3 aromatic carbocycles. The molecule has 2 unspecified atom stereocenters. The summed E-state index contributed by atoms with van der Waals surface area (Å²) >= 11 is 0. The molecule has 67 heavy (non-hydrogen) atoms. The number of benzene rings is 3. The lowest BCUT2D eigenvalue weighted by Gasteiger charge is -2.36. The Morgan fingerprint density at radius 3 is 2.52 bits per heavy atom. The topological polar surface area (TPSA) is 157 Å². The number of carbonyl (C=O) groups excluding carboxylic acids is 2. The second-order valence-electron chi connectivity index (χ2n) is 19.1. The number of hydroxylamine groups is 1. The van der Waals surface area contributed by atoms with Gasteiger partial charge in [0, 0.05) is 55.5 Å². The van der Waals surface area contributed by atoms with Crippen LogP contribution in [0, 0.1) is 24.5 Å². The van der Waals surface area contributed by atoms with Crippen LogP contribution in [0.1, 0.15) is 91.8 Å². The van der Waals surface area contributed by atoms with Gasteiger partial charge in [-0.05, 0) is 118 Å². The van der Waals surface area contributed by atoms with Gasteiger partial charge < -0.3 is 23.8 Å². The molecule has 0 bridgehead atoms. The van der Waals surface area contributed by atoms with E-state index in [4.69, 9.17) is 19.4 Å². The van der Waals surface area contributed by atoms with E-state index >= 15 is 9.18 Å². The van der Waals surface area contributed by atoms with E-state index in [1.807, 2.05) is 13.0 Å². The van der Waals surface area contributed by atoms with Crippen molar-refractivity contribution in [1.29, 1.82) is 0 Å². The van der Waals surface area contributed by atoms with E-state index in [1.54, 1.807) is 58.8 Å². The van der Waals surface area contributed by atoms with Crippen molar-refractivity contribution in [3.05, 3.63) is 123 Å². The summed E-state index contributed by atoms with van der Waals surface area (Å²) in [7, 11) is 1.58. The van der Waals surface area contributed by atoms with Crippen LogP contribution >= 0.6 is 0 Å².